The van der Waals surface area contributed by atoms with Crippen LogP contribution in [-0.2, 0) is 11.2 Å². The molecule has 20 heavy (non-hydrogen) atoms. The lowest BCUT2D eigenvalue weighted by molar-refractivity contribution is -0.122. The first-order chi connectivity index (χ1) is 9.22. The van der Waals surface area contributed by atoms with Crippen LogP contribution < -0.4 is 5.32 Å². The summed E-state index contributed by atoms with van der Waals surface area (Å²) in [4.78, 5) is 22.5. The monoisotopic (exact) mass is 279 g/mol. The van der Waals surface area contributed by atoms with E-state index in [1.165, 1.54) is 12.1 Å². The number of amides is 1. The zero-order valence-corrected chi connectivity index (χ0v) is 12.0. The van der Waals surface area contributed by atoms with Gasteiger partial charge in [-0.05, 0) is 30.5 Å². The van der Waals surface area contributed by atoms with Gasteiger partial charge in [-0.25, -0.2) is 4.79 Å². The van der Waals surface area contributed by atoms with Crippen LogP contribution in [0.1, 0.15) is 36.7 Å². The fraction of sp³-hybridized carbons (Fsp3) is 0.467. The van der Waals surface area contributed by atoms with E-state index in [-0.39, 0.29) is 30.4 Å². The van der Waals surface area contributed by atoms with E-state index in [2.05, 4.69) is 5.32 Å². The molecule has 0 heterocycles. The summed E-state index contributed by atoms with van der Waals surface area (Å²) in [5, 5.41) is 21.5. The third-order valence-electron chi connectivity index (χ3n) is 3.45. The molecule has 0 aliphatic rings. The Balaban J connectivity index is 2.52. The van der Waals surface area contributed by atoms with Gasteiger partial charge in [0.2, 0.25) is 5.91 Å². The van der Waals surface area contributed by atoms with Crippen LogP contribution >= 0.6 is 0 Å². The minimum absolute atomic E-state index is 0.0395. The second-order valence-corrected chi connectivity index (χ2v) is 5.47. The van der Waals surface area contributed by atoms with E-state index in [0.29, 0.717) is 0 Å². The van der Waals surface area contributed by atoms with E-state index in [4.69, 9.17) is 5.11 Å². The first-order valence-electron chi connectivity index (χ1n) is 6.53. The minimum Gasteiger partial charge on any atom is -0.478 e. The number of hydrogen-bond donors (Lipinski definition) is 3. The minimum atomic E-state index is -0.992. The summed E-state index contributed by atoms with van der Waals surface area (Å²) >= 11 is 0. The summed E-state index contributed by atoms with van der Waals surface area (Å²) in [5.41, 5.74) is -0.0170. The summed E-state index contributed by atoms with van der Waals surface area (Å²) in [6.45, 7) is 5.64. The molecule has 1 atom stereocenters. The van der Waals surface area contributed by atoms with E-state index >= 15 is 0 Å². The Hall–Kier alpha value is -1.88. The van der Waals surface area contributed by atoms with Crippen molar-refractivity contribution in [2.75, 3.05) is 6.54 Å². The van der Waals surface area contributed by atoms with Crippen molar-refractivity contribution < 1.29 is 19.8 Å². The zero-order valence-electron chi connectivity index (χ0n) is 12.0. The van der Waals surface area contributed by atoms with Gasteiger partial charge in [-0.15, -0.1) is 0 Å². The predicted octanol–water partition coefficient (Wildman–Crippen LogP) is 1.45. The van der Waals surface area contributed by atoms with E-state index in [1.807, 2.05) is 13.8 Å². The summed E-state index contributed by atoms with van der Waals surface area (Å²) in [7, 11) is 0. The molecule has 1 unspecified atom stereocenters. The molecule has 0 aromatic heterocycles. The lowest BCUT2D eigenvalue weighted by Gasteiger charge is -2.27. The number of nitrogens with one attached hydrogen (secondary N) is 1. The SMILES string of the molecule is CC(C)C(C)(O)CNC(=O)Cc1ccc(C(=O)O)cc1. The molecule has 0 bridgehead atoms. The number of carbonyl (C=O) groups excluding carboxylic acids is 1. The van der Waals surface area contributed by atoms with E-state index in [9.17, 15) is 14.7 Å². The molecular formula is C15H21NO4. The molecule has 5 nitrogen and oxygen atoms in total. The van der Waals surface area contributed by atoms with Gasteiger partial charge in [0, 0.05) is 6.54 Å². The lowest BCUT2D eigenvalue weighted by atomic mass is 9.92. The summed E-state index contributed by atoms with van der Waals surface area (Å²) in [6.07, 6.45) is 0.161. The van der Waals surface area contributed by atoms with Crippen molar-refractivity contribution >= 4 is 11.9 Å². The van der Waals surface area contributed by atoms with Crippen LogP contribution in [0.2, 0.25) is 0 Å². The molecule has 1 amide bonds. The highest BCUT2D eigenvalue weighted by Crippen LogP contribution is 2.14. The molecule has 1 aromatic rings. The number of hydrogen-bond acceptors (Lipinski definition) is 3. The standard InChI is InChI=1S/C15H21NO4/c1-10(2)15(3,20)9-16-13(17)8-11-4-6-12(7-5-11)14(18)19/h4-7,10,20H,8-9H2,1-3H3,(H,16,17)(H,18,19). The Morgan fingerprint density at radius 1 is 1.25 bits per heavy atom. The molecule has 0 saturated carbocycles. The molecule has 5 heteroatoms. The average Bonchev–Trinajstić information content (AvgIpc) is 2.37. The van der Waals surface area contributed by atoms with Gasteiger partial charge in [-0.3, -0.25) is 4.79 Å². The maximum Gasteiger partial charge on any atom is 0.335 e. The molecule has 0 radical (unpaired) electrons. The molecule has 0 aliphatic heterocycles. The van der Waals surface area contributed by atoms with Crippen LogP contribution in [0.4, 0.5) is 0 Å². The third-order valence-corrected chi connectivity index (χ3v) is 3.45. The number of aromatic carboxylic acids is 1. The van der Waals surface area contributed by atoms with Crippen molar-refractivity contribution in [2.24, 2.45) is 5.92 Å². The normalized spacial score (nSPS) is 13.8. The molecular weight excluding hydrogens is 258 g/mol. The van der Waals surface area contributed by atoms with Gasteiger partial charge in [-0.1, -0.05) is 26.0 Å². The second kappa shape index (κ2) is 6.52. The van der Waals surface area contributed by atoms with Crippen molar-refractivity contribution in [1.82, 2.24) is 5.32 Å². The van der Waals surface area contributed by atoms with E-state index in [0.717, 1.165) is 5.56 Å². The van der Waals surface area contributed by atoms with Crippen molar-refractivity contribution in [3.05, 3.63) is 35.4 Å². The molecule has 0 fully saturated rings. The number of aliphatic hydroxyl groups is 1. The molecule has 110 valence electrons. The van der Waals surface area contributed by atoms with Crippen LogP contribution in [0.5, 0.6) is 0 Å². The quantitative estimate of drug-likeness (QED) is 0.735. The van der Waals surface area contributed by atoms with Gasteiger partial charge < -0.3 is 15.5 Å². The second-order valence-electron chi connectivity index (χ2n) is 5.47. The number of carbonyl (C=O) groups is 2. The Morgan fingerprint density at radius 2 is 1.80 bits per heavy atom. The average molecular weight is 279 g/mol. The zero-order chi connectivity index (χ0) is 15.3. The smallest absolute Gasteiger partial charge is 0.335 e. The van der Waals surface area contributed by atoms with Crippen LogP contribution in [-0.4, -0.2) is 34.2 Å². The van der Waals surface area contributed by atoms with Crippen molar-refractivity contribution in [1.29, 1.82) is 0 Å². The van der Waals surface area contributed by atoms with Crippen LogP contribution in [0.25, 0.3) is 0 Å². The van der Waals surface area contributed by atoms with Gasteiger partial charge in [0.15, 0.2) is 0 Å². The summed E-state index contributed by atoms with van der Waals surface area (Å²) in [6, 6.07) is 6.16. The van der Waals surface area contributed by atoms with Crippen molar-refractivity contribution in [3.8, 4) is 0 Å². The Bertz CT molecular complexity index is 477. The third kappa shape index (κ3) is 4.66. The maximum absolute atomic E-state index is 11.8. The largest absolute Gasteiger partial charge is 0.478 e. The molecule has 0 spiro atoms. The van der Waals surface area contributed by atoms with Crippen molar-refractivity contribution in [2.45, 2.75) is 32.8 Å². The van der Waals surface area contributed by atoms with Crippen molar-refractivity contribution in [3.63, 3.8) is 0 Å². The molecule has 1 rings (SSSR count). The van der Waals surface area contributed by atoms with Crippen LogP contribution in [0.15, 0.2) is 24.3 Å². The van der Waals surface area contributed by atoms with Crippen LogP contribution in [0, 0.1) is 5.92 Å². The Kier molecular flexibility index (Phi) is 5.27. The Morgan fingerprint density at radius 3 is 2.25 bits per heavy atom. The highest BCUT2D eigenvalue weighted by molar-refractivity contribution is 5.87. The molecule has 0 saturated heterocycles. The molecule has 1 aromatic carbocycles. The summed E-state index contributed by atoms with van der Waals surface area (Å²) < 4.78 is 0. The number of rotatable bonds is 6. The van der Waals surface area contributed by atoms with Gasteiger partial charge >= 0.3 is 5.97 Å². The topological polar surface area (TPSA) is 86.6 Å². The van der Waals surface area contributed by atoms with Gasteiger partial charge in [0.1, 0.15) is 0 Å². The maximum atomic E-state index is 11.8. The number of carboxylic acid groups (broad SMARTS) is 1. The fourth-order valence-electron chi connectivity index (χ4n) is 1.49. The highest BCUT2D eigenvalue weighted by Gasteiger charge is 2.25. The Labute approximate surface area is 118 Å². The highest BCUT2D eigenvalue weighted by atomic mass is 16.4. The van der Waals surface area contributed by atoms with E-state index in [1.54, 1.807) is 19.1 Å². The number of benzene rings is 1. The van der Waals surface area contributed by atoms with Crippen LogP contribution in [0.3, 0.4) is 0 Å². The number of carboxylic acids is 1. The van der Waals surface area contributed by atoms with Gasteiger partial charge in [0.05, 0.1) is 17.6 Å². The van der Waals surface area contributed by atoms with E-state index < -0.39 is 11.6 Å². The van der Waals surface area contributed by atoms with Gasteiger partial charge in [-0.2, -0.15) is 0 Å². The first kappa shape index (κ1) is 16.2. The molecule has 3 N–H and O–H groups in total. The summed E-state index contributed by atoms with van der Waals surface area (Å²) in [5.74, 6) is -1.15. The molecule has 0 aliphatic carbocycles. The first-order valence-corrected chi connectivity index (χ1v) is 6.53. The lowest BCUT2D eigenvalue weighted by Crippen LogP contribution is -2.44. The van der Waals surface area contributed by atoms with Gasteiger partial charge in [0.25, 0.3) is 0 Å². The predicted molar refractivity (Wildman–Crippen MR) is 75.6 cm³/mol. The fourth-order valence-corrected chi connectivity index (χ4v) is 1.49.